The molecule has 0 amide bonds. The summed E-state index contributed by atoms with van der Waals surface area (Å²) in [5.74, 6) is 1.72. The zero-order valence-electron chi connectivity index (χ0n) is 17.7. The number of nitrogens with one attached hydrogen (secondary N) is 2. The first-order valence-corrected chi connectivity index (χ1v) is 10.4. The summed E-state index contributed by atoms with van der Waals surface area (Å²) in [5.41, 5.74) is 4.52. The Hall–Kier alpha value is -2.60. The van der Waals surface area contributed by atoms with E-state index < -0.39 is 0 Å². The molecular weight excluding hydrogens is 364 g/mol. The summed E-state index contributed by atoms with van der Waals surface area (Å²) >= 11 is 0. The molecule has 0 aliphatic carbocycles. The molecule has 2 aromatic rings. The fourth-order valence-corrected chi connectivity index (χ4v) is 3.17. The summed E-state index contributed by atoms with van der Waals surface area (Å²) in [4.78, 5) is 9.11. The van der Waals surface area contributed by atoms with Gasteiger partial charge in [-0.05, 0) is 50.5 Å². The number of pyridine rings is 1. The Morgan fingerprint density at radius 2 is 2.14 bits per heavy atom. The second-order valence-corrected chi connectivity index (χ2v) is 7.39. The first kappa shape index (κ1) is 21.1. The lowest BCUT2D eigenvalue weighted by atomic mass is 10.1. The summed E-state index contributed by atoms with van der Waals surface area (Å²) in [6.07, 6.45) is 3.91. The maximum Gasteiger partial charge on any atom is 0.191 e. The second kappa shape index (κ2) is 10.8. The Bertz CT molecular complexity index is 799. The minimum atomic E-state index is 0.133. The number of aliphatic imine (C=N–C) groups is 1. The van der Waals surface area contributed by atoms with Crippen molar-refractivity contribution in [2.75, 3.05) is 26.3 Å². The van der Waals surface area contributed by atoms with Crippen LogP contribution in [0.4, 0.5) is 0 Å². The molecule has 1 aliphatic rings. The van der Waals surface area contributed by atoms with Gasteiger partial charge in [0.05, 0.1) is 19.8 Å². The van der Waals surface area contributed by atoms with Gasteiger partial charge in [0.2, 0.25) is 0 Å². The summed E-state index contributed by atoms with van der Waals surface area (Å²) in [6, 6.07) is 10.5. The van der Waals surface area contributed by atoms with Gasteiger partial charge in [-0.2, -0.15) is 0 Å². The molecule has 0 saturated carbocycles. The number of rotatable bonds is 8. The van der Waals surface area contributed by atoms with Gasteiger partial charge in [-0.25, -0.2) is 4.99 Å². The highest BCUT2D eigenvalue weighted by Crippen LogP contribution is 2.24. The molecule has 0 radical (unpaired) electrons. The molecule has 1 aliphatic heterocycles. The predicted molar refractivity (Wildman–Crippen MR) is 117 cm³/mol. The van der Waals surface area contributed by atoms with E-state index in [1.54, 1.807) is 0 Å². The number of benzene rings is 1. The van der Waals surface area contributed by atoms with Crippen LogP contribution in [-0.2, 0) is 17.7 Å². The fourth-order valence-electron chi connectivity index (χ4n) is 3.17. The van der Waals surface area contributed by atoms with Crippen LogP contribution in [0.5, 0.6) is 5.75 Å². The maximum absolute atomic E-state index is 6.19. The van der Waals surface area contributed by atoms with Gasteiger partial charge in [-0.15, -0.1) is 0 Å². The number of guanidine groups is 1. The van der Waals surface area contributed by atoms with Gasteiger partial charge in [0.25, 0.3) is 0 Å². The molecule has 3 rings (SSSR count). The van der Waals surface area contributed by atoms with Crippen molar-refractivity contribution in [2.45, 2.75) is 46.3 Å². The Balaban J connectivity index is 1.60. The lowest BCUT2D eigenvalue weighted by molar-refractivity contribution is 0.140. The smallest absolute Gasteiger partial charge is 0.191 e. The van der Waals surface area contributed by atoms with Crippen molar-refractivity contribution in [1.29, 1.82) is 0 Å². The van der Waals surface area contributed by atoms with E-state index in [1.165, 1.54) is 11.1 Å². The van der Waals surface area contributed by atoms with Crippen LogP contribution in [0.3, 0.4) is 0 Å². The Morgan fingerprint density at radius 3 is 2.86 bits per heavy atom. The topological polar surface area (TPSA) is 67.8 Å². The molecule has 1 saturated heterocycles. The molecule has 6 heteroatoms. The number of nitrogens with zero attached hydrogens (tertiary/aromatic N) is 2. The molecule has 29 heavy (non-hydrogen) atoms. The van der Waals surface area contributed by atoms with Gasteiger partial charge < -0.3 is 20.1 Å². The van der Waals surface area contributed by atoms with E-state index in [1.807, 2.05) is 19.2 Å². The molecule has 6 nitrogen and oxygen atoms in total. The van der Waals surface area contributed by atoms with Crippen LogP contribution in [0.15, 0.2) is 41.5 Å². The van der Waals surface area contributed by atoms with E-state index in [-0.39, 0.29) is 6.10 Å². The molecule has 2 heterocycles. The minimum absolute atomic E-state index is 0.133. The van der Waals surface area contributed by atoms with Gasteiger partial charge in [0, 0.05) is 37.0 Å². The SMILES string of the molecule is CCNC(=NCc1ccc(C)cc1OC1CCOC1)NCCc1ccc(C)nc1. The molecule has 2 N–H and O–H groups in total. The molecule has 1 fully saturated rings. The zero-order valence-corrected chi connectivity index (χ0v) is 17.7. The molecule has 1 aromatic heterocycles. The molecular formula is C23H32N4O2. The molecule has 0 spiro atoms. The number of hydrogen-bond donors (Lipinski definition) is 2. The lowest BCUT2D eigenvalue weighted by Gasteiger charge is -2.16. The van der Waals surface area contributed by atoms with E-state index in [0.29, 0.717) is 13.2 Å². The van der Waals surface area contributed by atoms with Crippen molar-refractivity contribution in [2.24, 2.45) is 4.99 Å². The minimum Gasteiger partial charge on any atom is -0.488 e. The molecule has 1 aromatic carbocycles. The third-order valence-corrected chi connectivity index (χ3v) is 4.83. The van der Waals surface area contributed by atoms with Crippen molar-refractivity contribution in [3.63, 3.8) is 0 Å². The summed E-state index contributed by atoms with van der Waals surface area (Å²) < 4.78 is 11.6. The highest BCUT2D eigenvalue weighted by atomic mass is 16.5. The van der Waals surface area contributed by atoms with E-state index in [9.17, 15) is 0 Å². The predicted octanol–water partition coefficient (Wildman–Crippen LogP) is 3.16. The van der Waals surface area contributed by atoms with Crippen LogP contribution in [-0.4, -0.2) is 43.4 Å². The largest absolute Gasteiger partial charge is 0.488 e. The van der Waals surface area contributed by atoms with Gasteiger partial charge in [0.1, 0.15) is 11.9 Å². The molecule has 156 valence electrons. The lowest BCUT2D eigenvalue weighted by Crippen LogP contribution is -2.38. The quantitative estimate of drug-likeness (QED) is 0.530. The molecule has 1 atom stereocenters. The van der Waals surface area contributed by atoms with Crippen LogP contribution in [0.2, 0.25) is 0 Å². The summed E-state index contributed by atoms with van der Waals surface area (Å²) in [5, 5.41) is 6.72. The van der Waals surface area contributed by atoms with Crippen molar-refractivity contribution < 1.29 is 9.47 Å². The monoisotopic (exact) mass is 396 g/mol. The Kier molecular flexibility index (Phi) is 7.87. The van der Waals surface area contributed by atoms with E-state index in [0.717, 1.165) is 55.5 Å². The Labute approximate surface area is 173 Å². The van der Waals surface area contributed by atoms with Crippen LogP contribution in [0.25, 0.3) is 0 Å². The number of aryl methyl sites for hydroxylation is 2. The second-order valence-electron chi connectivity index (χ2n) is 7.39. The van der Waals surface area contributed by atoms with Crippen LogP contribution in [0, 0.1) is 13.8 Å². The summed E-state index contributed by atoms with van der Waals surface area (Å²) in [7, 11) is 0. The van der Waals surface area contributed by atoms with Gasteiger partial charge >= 0.3 is 0 Å². The molecule has 0 bridgehead atoms. The van der Waals surface area contributed by atoms with Crippen LogP contribution in [0.1, 0.15) is 35.7 Å². The first-order valence-electron chi connectivity index (χ1n) is 10.4. The number of aromatic nitrogens is 1. The number of hydrogen-bond acceptors (Lipinski definition) is 4. The third-order valence-electron chi connectivity index (χ3n) is 4.83. The highest BCUT2D eigenvalue weighted by Gasteiger charge is 2.18. The van der Waals surface area contributed by atoms with Gasteiger partial charge in [-0.3, -0.25) is 4.98 Å². The summed E-state index contributed by atoms with van der Waals surface area (Å²) in [6.45, 7) is 9.76. The van der Waals surface area contributed by atoms with E-state index in [2.05, 4.69) is 53.7 Å². The fraction of sp³-hybridized carbons (Fsp3) is 0.478. The standard InChI is InChI=1S/C23H32N4O2/c1-4-24-23(25-11-9-19-7-6-18(3)26-14-19)27-15-20-8-5-17(2)13-22(20)29-21-10-12-28-16-21/h5-8,13-14,21H,4,9-12,15-16H2,1-3H3,(H2,24,25,27). The van der Waals surface area contributed by atoms with Crippen molar-refractivity contribution in [3.05, 3.63) is 58.9 Å². The van der Waals surface area contributed by atoms with Crippen LogP contribution >= 0.6 is 0 Å². The average Bonchev–Trinajstić information content (AvgIpc) is 3.22. The van der Waals surface area contributed by atoms with Gasteiger partial charge in [0.15, 0.2) is 5.96 Å². The average molecular weight is 397 g/mol. The van der Waals surface area contributed by atoms with E-state index in [4.69, 9.17) is 14.5 Å². The zero-order chi connectivity index (χ0) is 20.5. The van der Waals surface area contributed by atoms with Crippen LogP contribution < -0.4 is 15.4 Å². The van der Waals surface area contributed by atoms with E-state index >= 15 is 0 Å². The van der Waals surface area contributed by atoms with Crippen molar-refractivity contribution in [3.8, 4) is 5.75 Å². The van der Waals surface area contributed by atoms with Crippen molar-refractivity contribution in [1.82, 2.24) is 15.6 Å². The maximum atomic E-state index is 6.19. The third kappa shape index (κ3) is 6.75. The highest BCUT2D eigenvalue weighted by molar-refractivity contribution is 5.79. The first-order chi connectivity index (χ1) is 14.1. The molecule has 1 unspecified atom stereocenters. The Morgan fingerprint density at radius 1 is 1.24 bits per heavy atom. The number of ether oxygens (including phenoxy) is 2. The van der Waals surface area contributed by atoms with Gasteiger partial charge in [-0.1, -0.05) is 18.2 Å². The van der Waals surface area contributed by atoms with Crippen molar-refractivity contribution >= 4 is 5.96 Å². The normalized spacial score (nSPS) is 16.7.